The molecule has 1 aromatic carbocycles. The van der Waals surface area contributed by atoms with E-state index in [4.69, 9.17) is 4.42 Å². The highest BCUT2D eigenvalue weighted by Crippen LogP contribution is 2.22. The van der Waals surface area contributed by atoms with Gasteiger partial charge in [0.25, 0.3) is 11.5 Å². The molecule has 0 aliphatic carbocycles. The number of hydrogen-bond acceptors (Lipinski definition) is 4. The first-order valence-electron chi connectivity index (χ1n) is 7.04. The molecule has 0 unspecified atom stereocenters. The van der Waals surface area contributed by atoms with Crippen LogP contribution in [0.2, 0.25) is 0 Å². The number of rotatable bonds is 3. The lowest BCUT2D eigenvalue weighted by Crippen LogP contribution is -2.19. The number of anilines is 1. The largest absolute Gasteiger partial charge is 0.441 e. The van der Waals surface area contributed by atoms with E-state index in [2.05, 4.69) is 10.3 Å². The minimum absolute atomic E-state index is 0.235. The Balaban J connectivity index is 1.84. The van der Waals surface area contributed by atoms with Crippen LogP contribution in [0.25, 0.3) is 11.5 Å². The van der Waals surface area contributed by atoms with E-state index in [-0.39, 0.29) is 11.5 Å². The summed E-state index contributed by atoms with van der Waals surface area (Å²) in [6.07, 6.45) is 3.20. The lowest BCUT2D eigenvalue weighted by Gasteiger charge is -2.07. The van der Waals surface area contributed by atoms with Crippen molar-refractivity contribution in [2.24, 2.45) is 7.05 Å². The van der Waals surface area contributed by atoms with Crippen molar-refractivity contribution in [3.63, 3.8) is 0 Å². The van der Waals surface area contributed by atoms with Gasteiger partial charge in [-0.3, -0.25) is 9.59 Å². The Morgan fingerprint density at radius 2 is 2.09 bits per heavy atom. The van der Waals surface area contributed by atoms with Crippen LogP contribution in [0.4, 0.5) is 5.69 Å². The molecule has 0 fully saturated rings. The van der Waals surface area contributed by atoms with Crippen LogP contribution in [0.5, 0.6) is 0 Å². The van der Waals surface area contributed by atoms with Crippen LogP contribution < -0.4 is 10.9 Å². The van der Waals surface area contributed by atoms with E-state index >= 15 is 0 Å². The number of pyridine rings is 1. The molecule has 6 heteroatoms. The second kappa shape index (κ2) is 5.92. The molecule has 0 saturated carbocycles. The van der Waals surface area contributed by atoms with E-state index in [1.54, 1.807) is 43.7 Å². The standard InChI is InChI=1S/C17H15N3O3/c1-11-10-18-17(23-11)13-4-3-5-14(8-13)19-16(22)12-6-7-20(2)15(21)9-12/h3-10H,1-2H3,(H,19,22). The predicted octanol–water partition coefficient (Wildman–Crippen LogP) is 2.60. The molecule has 23 heavy (non-hydrogen) atoms. The fourth-order valence-electron chi connectivity index (χ4n) is 2.11. The van der Waals surface area contributed by atoms with E-state index < -0.39 is 0 Å². The van der Waals surface area contributed by atoms with Crippen molar-refractivity contribution in [3.05, 3.63) is 70.5 Å². The monoisotopic (exact) mass is 309 g/mol. The molecule has 0 radical (unpaired) electrons. The molecule has 6 nitrogen and oxygen atoms in total. The van der Waals surface area contributed by atoms with Crippen LogP contribution >= 0.6 is 0 Å². The number of aromatic nitrogens is 2. The Bertz CT molecular complexity index is 925. The SMILES string of the molecule is Cc1cnc(-c2cccc(NC(=O)c3ccn(C)c(=O)c3)c2)o1. The van der Waals surface area contributed by atoms with E-state index in [0.29, 0.717) is 17.1 Å². The van der Waals surface area contributed by atoms with E-state index in [1.807, 2.05) is 13.0 Å². The smallest absolute Gasteiger partial charge is 0.255 e. The third-order valence-corrected chi connectivity index (χ3v) is 3.36. The van der Waals surface area contributed by atoms with Gasteiger partial charge in [-0.05, 0) is 31.2 Å². The average Bonchev–Trinajstić information content (AvgIpc) is 2.97. The van der Waals surface area contributed by atoms with Gasteiger partial charge in [-0.15, -0.1) is 0 Å². The summed E-state index contributed by atoms with van der Waals surface area (Å²) in [5.74, 6) is 0.866. The van der Waals surface area contributed by atoms with Crippen molar-refractivity contribution in [2.75, 3.05) is 5.32 Å². The molecule has 0 aliphatic rings. The van der Waals surface area contributed by atoms with Crippen molar-refractivity contribution in [3.8, 4) is 11.5 Å². The number of amides is 1. The lowest BCUT2D eigenvalue weighted by atomic mass is 10.2. The number of hydrogen-bond donors (Lipinski definition) is 1. The Morgan fingerprint density at radius 3 is 2.78 bits per heavy atom. The topological polar surface area (TPSA) is 77.1 Å². The summed E-state index contributed by atoms with van der Waals surface area (Å²) in [7, 11) is 1.63. The summed E-state index contributed by atoms with van der Waals surface area (Å²) in [5.41, 5.74) is 1.44. The zero-order valence-corrected chi connectivity index (χ0v) is 12.7. The maximum absolute atomic E-state index is 12.2. The highest BCUT2D eigenvalue weighted by Gasteiger charge is 2.09. The number of oxazole rings is 1. The number of nitrogens with zero attached hydrogens (tertiary/aromatic N) is 2. The summed E-state index contributed by atoms with van der Waals surface area (Å²) in [4.78, 5) is 28.0. The molecule has 3 rings (SSSR count). The Hall–Kier alpha value is -3.15. The molecular formula is C17H15N3O3. The van der Waals surface area contributed by atoms with Gasteiger partial charge in [0.15, 0.2) is 0 Å². The summed E-state index contributed by atoms with van der Waals surface area (Å²) in [6.45, 7) is 1.82. The summed E-state index contributed by atoms with van der Waals surface area (Å²) < 4.78 is 6.88. The maximum Gasteiger partial charge on any atom is 0.255 e. The van der Waals surface area contributed by atoms with Crippen LogP contribution in [0, 0.1) is 6.92 Å². The number of benzene rings is 1. The maximum atomic E-state index is 12.2. The van der Waals surface area contributed by atoms with Crippen molar-refractivity contribution < 1.29 is 9.21 Å². The number of nitrogens with one attached hydrogen (secondary N) is 1. The van der Waals surface area contributed by atoms with E-state index in [1.165, 1.54) is 10.6 Å². The molecule has 0 aliphatic heterocycles. The van der Waals surface area contributed by atoms with Gasteiger partial charge in [0, 0.05) is 36.1 Å². The first-order valence-corrected chi connectivity index (χ1v) is 7.04. The zero-order valence-electron chi connectivity index (χ0n) is 12.7. The molecule has 0 spiro atoms. The van der Waals surface area contributed by atoms with Gasteiger partial charge in [-0.2, -0.15) is 0 Å². The van der Waals surface area contributed by atoms with Crippen molar-refractivity contribution in [2.45, 2.75) is 6.92 Å². The highest BCUT2D eigenvalue weighted by atomic mass is 16.4. The summed E-state index contributed by atoms with van der Waals surface area (Å²) in [5, 5.41) is 2.77. The van der Waals surface area contributed by atoms with Crippen LogP contribution in [-0.4, -0.2) is 15.5 Å². The van der Waals surface area contributed by atoms with Crippen LogP contribution in [0.3, 0.4) is 0 Å². The van der Waals surface area contributed by atoms with Gasteiger partial charge in [0.2, 0.25) is 5.89 Å². The lowest BCUT2D eigenvalue weighted by molar-refractivity contribution is 0.102. The van der Waals surface area contributed by atoms with Crippen LogP contribution in [-0.2, 0) is 7.05 Å². The predicted molar refractivity (Wildman–Crippen MR) is 86.3 cm³/mol. The van der Waals surface area contributed by atoms with Crippen LogP contribution in [0.15, 0.2) is 58.0 Å². The number of carbonyl (C=O) groups excluding carboxylic acids is 1. The van der Waals surface area contributed by atoms with Crippen molar-refractivity contribution >= 4 is 11.6 Å². The molecule has 0 atom stereocenters. The number of carbonyl (C=O) groups is 1. The molecule has 0 bridgehead atoms. The normalized spacial score (nSPS) is 10.5. The molecular weight excluding hydrogens is 294 g/mol. The molecule has 1 N–H and O–H groups in total. The second-order valence-corrected chi connectivity index (χ2v) is 5.18. The summed E-state index contributed by atoms with van der Waals surface area (Å²) in [6, 6.07) is 10.1. The molecule has 2 heterocycles. The fourth-order valence-corrected chi connectivity index (χ4v) is 2.11. The summed E-state index contributed by atoms with van der Waals surface area (Å²) >= 11 is 0. The minimum Gasteiger partial charge on any atom is -0.441 e. The van der Waals surface area contributed by atoms with Gasteiger partial charge < -0.3 is 14.3 Å². The Kier molecular flexibility index (Phi) is 3.80. The minimum atomic E-state index is -0.344. The zero-order chi connectivity index (χ0) is 16.4. The van der Waals surface area contributed by atoms with E-state index in [9.17, 15) is 9.59 Å². The molecule has 3 aromatic rings. The van der Waals surface area contributed by atoms with Gasteiger partial charge in [-0.1, -0.05) is 6.07 Å². The van der Waals surface area contributed by atoms with Gasteiger partial charge in [0.05, 0.1) is 6.20 Å². The molecule has 116 valence electrons. The van der Waals surface area contributed by atoms with Crippen LogP contribution in [0.1, 0.15) is 16.1 Å². The first-order chi connectivity index (χ1) is 11.0. The molecule has 0 saturated heterocycles. The third-order valence-electron chi connectivity index (χ3n) is 3.36. The third kappa shape index (κ3) is 3.21. The van der Waals surface area contributed by atoms with E-state index in [0.717, 1.165) is 11.3 Å². The van der Waals surface area contributed by atoms with Crippen molar-refractivity contribution in [1.29, 1.82) is 0 Å². The number of aryl methyl sites for hydroxylation is 2. The fraction of sp³-hybridized carbons (Fsp3) is 0.118. The Labute approximate surface area is 132 Å². The second-order valence-electron chi connectivity index (χ2n) is 5.18. The van der Waals surface area contributed by atoms with Gasteiger partial charge >= 0.3 is 0 Å². The first kappa shape index (κ1) is 14.8. The highest BCUT2D eigenvalue weighted by molar-refractivity contribution is 6.04. The molecule has 2 aromatic heterocycles. The van der Waals surface area contributed by atoms with Crippen molar-refractivity contribution in [1.82, 2.24) is 9.55 Å². The quantitative estimate of drug-likeness (QED) is 0.806. The Morgan fingerprint density at radius 1 is 1.26 bits per heavy atom. The average molecular weight is 309 g/mol. The van der Waals surface area contributed by atoms with Gasteiger partial charge in [-0.25, -0.2) is 4.98 Å². The molecule has 1 amide bonds. The van der Waals surface area contributed by atoms with Gasteiger partial charge in [0.1, 0.15) is 5.76 Å².